The Bertz CT molecular complexity index is 642. The van der Waals surface area contributed by atoms with E-state index < -0.39 is 10.8 Å². The Morgan fingerprint density at radius 2 is 2.04 bits per heavy atom. The molecule has 6 heteroatoms. The third-order valence-electron chi connectivity index (χ3n) is 3.63. The van der Waals surface area contributed by atoms with Crippen LogP contribution in [0.5, 0.6) is 0 Å². The number of nitrogens with one attached hydrogen (secondary N) is 1. The van der Waals surface area contributed by atoms with Crippen LogP contribution in [0.25, 0.3) is 0 Å². The van der Waals surface area contributed by atoms with E-state index >= 15 is 0 Å². The molecule has 0 amide bonds. The number of aliphatic imine (C=N–C) groups is 1. The minimum atomic E-state index is -0.865. The summed E-state index contributed by atoms with van der Waals surface area (Å²) in [5, 5.41) is 5.40. The second-order valence-electron chi connectivity index (χ2n) is 5.50. The van der Waals surface area contributed by atoms with Crippen LogP contribution in [0.2, 0.25) is 0 Å². The lowest BCUT2D eigenvalue weighted by Crippen LogP contribution is -2.41. The Morgan fingerprint density at radius 1 is 1.25 bits per heavy atom. The predicted molar refractivity (Wildman–Crippen MR) is 105 cm³/mol. The Morgan fingerprint density at radius 3 is 2.71 bits per heavy atom. The number of benzene rings is 1. The molecule has 24 heavy (non-hydrogen) atoms. The molecule has 0 saturated heterocycles. The van der Waals surface area contributed by atoms with Gasteiger partial charge in [-0.25, -0.2) is 0 Å². The molecule has 1 N–H and O–H groups in total. The van der Waals surface area contributed by atoms with Crippen molar-refractivity contribution in [3.05, 3.63) is 58.3 Å². The second kappa shape index (κ2) is 10.3. The molecule has 4 nitrogen and oxygen atoms in total. The van der Waals surface area contributed by atoms with Crippen LogP contribution in [0, 0.1) is 0 Å². The third-order valence-corrected chi connectivity index (χ3v) is 5.88. The predicted octanol–water partition coefficient (Wildman–Crippen LogP) is 2.75. The normalized spacial score (nSPS) is 12.8. The van der Waals surface area contributed by atoms with Crippen LogP contribution in [0.3, 0.4) is 0 Å². The number of thiophene rings is 1. The molecule has 0 bridgehead atoms. The van der Waals surface area contributed by atoms with Gasteiger partial charge in [0.05, 0.1) is 0 Å². The van der Waals surface area contributed by atoms with Gasteiger partial charge in [0.1, 0.15) is 0 Å². The van der Waals surface area contributed by atoms with Crippen molar-refractivity contribution < 1.29 is 4.21 Å². The molecular formula is C18H25N3OS2. The summed E-state index contributed by atoms with van der Waals surface area (Å²) in [6.45, 7) is 1.57. The average Bonchev–Trinajstić information content (AvgIpc) is 3.11. The van der Waals surface area contributed by atoms with E-state index in [1.165, 1.54) is 4.88 Å². The van der Waals surface area contributed by atoms with Gasteiger partial charge in [-0.15, -0.1) is 11.3 Å². The van der Waals surface area contributed by atoms with Crippen LogP contribution in [-0.2, 0) is 23.0 Å². The first-order valence-corrected chi connectivity index (χ1v) is 10.4. The van der Waals surface area contributed by atoms with E-state index in [0.29, 0.717) is 18.1 Å². The van der Waals surface area contributed by atoms with Gasteiger partial charge < -0.3 is 10.2 Å². The highest BCUT2D eigenvalue weighted by atomic mass is 32.2. The smallest absolute Gasteiger partial charge is 0.193 e. The molecule has 1 aromatic heterocycles. The molecular weight excluding hydrogens is 338 g/mol. The van der Waals surface area contributed by atoms with Gasteiger partial charge in [-0.3, -0.25) is 9.20 Å². The largest absolute Gasteiger partial charge is 0.355 e. The number of hydrogen-bond donors (Lipinski definition) is 1. The van der Waals surface area contributed by atoms with Gasteiger partial charge in [0, 0.05) is 54.4 Å². The molecule has 0 saturated carbocycles. The summed E-state index contributed by atoms with van der Waals surface area (Å²) in [6.07, 6.45) is 1.01. The zero-order valence-corrected chi connectivity index (χ0v) is 15.9. The van der Waals surface area contributed by atoms with Gasteiger partial charge in [0.25, 0.3) is 0 Å². The lowest BCUT2D eigenvalue weighted by Gasteiger charge is -2.21. The summed E-state index contributed by atoms with van der Waals surface area (Å²) in [5.74, 6) is 2.07. The van der Waals surface area contributed by atoms with E-state index in [9.17, 15) is 4.21 Å². The summed E-state index contributed by atoms with van der Waals surface area (Å²) in [5.41, 5.74) is 1.12. The molecule has 1 aromatic carbocycles. The molecule has 2 rings (SSSR count). The van der Waals surface area contributed by atoms with E-state index in [4.69, 9.17) is 0 Å². The first-order valence-electron chi connectivity index (χ1n) is 8.02. The van der Waals surface area contributed by atoms with Gasteiger partial charge in [-0.1, -0.05) is 36.4 Å². The van der Waals surface area contributed by atoms with Crippen molar-refractivity contribution in [3.63, 3.8) is 0 Å². The zero-order valence-electron chi connectivity index (χ0n) is 14.3. The van der Waals surface area contributed by atoms with Crippen LogP contribution in [0.4, 0.5) is 0 Å². The van der Waals surface area contributed by atoms with E-state index in [-0.39, 0.29) is 0 Å². The molecule has 1 unspecified atom stereocenters. The summed E-state index contributed by atoms with van der Waals surface area (Å²) in [4.78, 5) is 7.79. The molecule has 1 heterocycles. The highest BCUT2D eigenvalue weighted by Crippen LogP contribution is 2.09. The van der Waals surface area contributed by atoms with Crippen LogP contribution in [-0.4, -0.2) is 48.0 Å². The number of likely N-dealkylation sites (N-methyl/N-ethyl adjacent to an activating group) is 1. The fourth-order valence-corrected chi connectivity index (χ4v) is 4.07. The average molecular weight is 364 g/mol. The lowest BCUT2D eigenvalue weighted by molar-refractivity contribution is 0.489. The van der Waals surface area contributed by atoms with Crippen molar-refractivity contribution in [2.75, 3.05) is 32.9 Å². The monoisotopic (exact) mass is 363 g/mol. The molecule has 1 atom stereocenters. The molecule has 0 aliphatic heterocycles. The second-order valence-corrected chi connectivity index (χ2v) is 8.11. The fraction of sp³-hybridized carbons (Fsp3) is 0.389. The molecule has 2 aromatic rings. The molecule has 130 valence electrons. The van der Waals surface area contributed by atoms with Crippen LogP contribution >= 0.6 is 11.3 Å². The molecule has 0 fully saturated rings. The van der Waals surface area contributed by atoms with E-state index in [1.54, 1.807) is 18.4 Å². The maximum Gasteiger partial charge on any atom is 0.193 e. The molecule has 0 aliphatic rings. The Balaban J connectivity index is 1.69. The Labute approximate surface area is 151 Å². The summed E-state index contributed by atoms with van der Waals surface area (Å²) in [7, 11) is 2.95. The van der Waals surface area contributed by atoms with Gasteiger partial charge in [-0.05, 0) is 23.4 Å². The maximum absolute atomic E-state index is 12.2. The molecule has 0 aliphatic carbocycles. The maximum atomic E-state index is 12.2. The highest BCUT2D eigenvalue weighted by Gasteiger charge is 2.07. The summed E-state index contributed by atoms with van der Waals surface area (Å²) < 4.78 is 12.2. The van der Waals surface area contributed by atoms with E-state index in [1.807, 2.05) is 37.4 Å². The third kappa shape index (κ3) is 6.45. The molecule has 0 spiro atoms. The van der Waals surface area contributed by atoms with Gasteiger partial charge in [-0.2, -0.15) is 0 Å². The standard InChI is InChI=1S/C18H25N3OS2/c1-19-18(21(2)12-10-17-9-6-13-23-17)20-11-14-24(22)15-16-7-4-3-5-8-16/h3-9,13H,10-12,14-15H2,1-2H3,(H,19,20). The van der Waals surface area contributed by atoms with Gasteiger partial charge >= 0.3 is 0 Å². The first kappa shape index (κ1) is 18.7. The topological polar surface area (TPSA) is 44.7 Å². The fourth-order valence-electron chi connectivity index (χ4n) is 2.33. The number of rotatable bonds is 8. The minimum Gasteiger partial charge on any atom is -0.355 e. The molecule has 0 radical (unpaired) electrons. The van der Waals surface area contributed by atoms with Crippen molar-refractivity contribution in [1.82, 2.24) is 10.2 Å². The van der Waals surface area contributed by atoms with Crippen LogP contribution in [0.1, 0.15) is 10.4 Å². The number of guanidine groups is 1. The number of nitrogens with zero attached hydrogens (tertiary/aromatic N) is 2. The minimum absolute atomic E-state index is 0.606. The van der Waals surface area contributed by atoms with E-state index in [2.05, 4.69) is 32.7 Å². The summed E-state index contributed by atoms with van der Waals surface area (Å²) in [6, 6.07) is 14.2. The van der Waals surface area contributed by atoms with E-state index in [0.717, 1.165) is 24.5 Å². The van der Waals surface area contributed by atoms with Crippen molar-refractivity contribution in [3.8, 4) is 0 Å². The Hall–Kier alpha value is -1.66. The Kier molecular flexibility index (Phi) is 7.98. The van der Waals surface area contributed by atoms with Crippen molar-refractivity contribution in [2.24, 2.45) is 4.99 Å². The lowest BCUT2D eigenvalue weighted by atomic mass is 10.2. The zero-order chi connectivity index (χ0) is 17.2. The number of hydrogen-bond acceptors (Lipinski definition) is 3. The van der Waals surface area contributed by atoms with Crippen molar-refractivity contribution in [2.45, 2.75) is 12.2 Å². The quantitative estimate of drug-likeness (QED) is 0.579. The SMILES string of the molecule is CN=C(NCCS(=O)Cc1ccccc1)N(C)CCc1cccs1. The first-order chi connectivity index (χ1) is 11.7. The van der Waals surface area contributed by atoms with Gasteiger partial charge in [0.2, 0.25) is 0 Å². The highest BCUT2D eigenvalue weighted by molar-refractivity contribution is 7.84. The van der Waals surface area contributed by atoms with Crippen molar-refractivity contribution in [1.29, 1.82) is 0 Å². The summed E-state index contributed by atoms with van der Waals surface area (Å²) >= 11 is 1.78. The van der Waals surface area contributed by atoms with Gasteiger partial charge in [0.15, 0.2) is 5.96 Å². The van der Waals surface area contributed by atoms with Crippen LogP contribution in [0.15, 0.2) is 52.8 Å². The van der Waals surface area contributed by atoms with Crippen molar-refractivity contribution >= 4 is 28.1 Å². The van der Waals surface area contributed by atoms with Crippen LogP contribution < -0.4 is 5.32 Å².